The van der Waals surface area contributed by atoms with Gasteiger partial charge in [-0.3, -0.25) is 0 Å². The van der Waals surface area contributed by atoms with Crippen LogP contribution in [0.4, 0.5) is 5.69 Å². The molecule has 0 aromatic carbocycles. The topological polar surface area (TPSA) is 68.0 Å². The molecular weight excluding hydrogens is 252 g/mol. The van der Waals surface area contributed by atoms with Gasteiger partial charge in [0.15, 0.2) is 17.3 Å². The van der Waals surface area contributed by atoms with Crippen molar-refractivity contribution in [1.82, 2.24) is 4.72 Å². The average Bonchev–Trinajstić information content (AvgIpc) is 2.40. The van der Waals surface area contributed by atoms with E-state index in [1.165, 1.54) is 18.1 Å². The van der Waals surface area contributed by atoms with E-state index in [2.05, 4.69) is 21.7 Å². The van der Waals surface area contributed by atoms with Crippen LogP contribution >= 0.6 is 0 Å². The van der Waals surface area contributed by atoms with Gasteiger partial charge in [-0.1, -0.05) is 0 Å². The molecule has 100 valence electrons. The van der Waals surface area contributed by atoms with Crippen LogP contribution < -0.4 is 19.5 Å². The molecule has 0 spiro atoms. The van der Waals surface area contributed by atoms with Crippen molar-refractivity contribution in [2.75, 3.05) is 45.2 Å². The summed E-state index contributed by atoms with van der Waals surface area (Å²) in [4.78, 5) is 6.76. The van der Waals surface area contributed by atoms with E-state index >= 15 is 0 Å². The summed E-state index contributed by atoms with van der Waals surface area (Å²) in [5.74, 6) is 0. The number of hydrogen-bond donors (Lipinski definition) is 2. The highest BCUT2D eigenvalue weighted by molar-refractivity contribution is 7.89. The number of nitrogens with zero attached hydrogens (tertiary/aromatic N) is 1. The minimum atomic E-state index is -3.42. The summed E-state index contributed by atoms with van der Waals surface area (Å²) >= 11 is 0. The fourth-order valence-electron chi connectivity index (χ4n) is 2.12. The van der Waals surface area contributed by atoms with E-state index in [4.69, 9.17) is 0 Å². The number of piperazine rings is 1. The first-order chi connectivity index (χ1) is 8.54. The molecule has 1 aliphatic rings. The predicted octanol–water partition coefficient (Wildman–Crippen LogP) is -2.26. The Balaban J connectivity index is 2.34. The van der Waals surface area contributed by atoms with Crippen LogP contribution in [-0.4, -0.2) is 48.7 Å². The van der Waals surface area contributed by atoms with E-state index in [0.717, 1.165) is 31.9 Å². The number of quaternary nitrogens is 1. The van der Waals surface area contributed by atoms with Crippen molar-refractivity contribution in [1.29, 1.82) is 0 Å². The summed E-state index contributed by atoms with van der Waals surface area (Å²) in [5.41, 5.74) is 0.774. The largest absolute Gasteiger partial charge is 0.359 e. The second kappa shape index (κ2) is 5.21. The standard InChI is InChI=1S/C11H18N4O2S/c1-12-18(16,17)11-9-13-4-3-10(11)15-7-5-14(2)6-8-15/h3-4,9,12H,5-8H2,1-2H3/p+2. The summed E-state index contributed by atoms with van der Waals surface area (Å²) < 4.78 is 26.3. The molecule has 1 aromatic rings. The maximum atomic E-state index is 12.0. The third-order valence-electron chi connectivity index (χ3n) is 3.32. The molecule has 1 fully saturated rings. The molecule has 2 rings (SSSR count). The Hall–Kier alpha value is -1.18. The lowest BCUT2D eigenvalue weighted by Gasteiger charge is -2.32. The molecule has 1 aliphatic heterocycles. The number of sulfonamides is 1. The molecule has 0 atom stereocenters. The third kappa shape index (κ3) is 2.63. The zero-order valence-electron chi connectivity index (χ0n) is 10.7. The molecule has 6 nitrogen and oxygen atoms in total. The van der Waals surface area contributed by atoms with Gasteiger partial charge < -0.3 is 9.80 Å². The van der Waals surface area contributed by atoms with Crippen molar-refractivity contribution >= 4 is 15.7 Å². The quantitative estimate of drug-likeness (QED) is 0.653. The number of hydrogen-bond acceptors (Lipinski definition) is 3. The lowest BCUT2D eigenvalue weighted by molar-refractivity contribution is -0.880. The summed E-state index contributed by atoms with van der Waals surface area (Å²) in [6.07, 6.45) is 3.29. The van der Waals surface area contributed by atoms with Crippen molar-refractivity contribution in [2.45, 2.75) is 4.90 Å². The van der Waals surface area contributed by atoms with Crippen LogP contribution in [0.1, 0.15) is 0 Å². The lowest BCUT2D eigenvalue weighted by Crippen LogP contribution is -3.12. The van der Waals surface area contributed by atoms with Gasteiger partial charge in [0.1, 0.15) is 0 Å². The molecule has 0 saturated carbocycles. The molecule has 0 radical (unpaired) electrons. The van der Waals surface area contributed by atoms with Gasteiger partial charge in [-0.2, -0.15) is 0 Å². The van der Waals surface area contributed by atoms with Crippen molar-refractivity contribution in [2.24, 2.45) is 0 Å². The Morgan fingerprint density at radius 1 is 1.39 bits per heavy atom. The normalized spacial score (nSPS) is 18.0. The summed E-state index contributed by atoms with van der Waals surface area (Å²) in [6, 6.07) is 1.82. The van der Waals surface area contributed by atoms with Gasteiger partial charge in [-0.25, -0.2) is 18.1 Å². The van der Waals surface area contributed by atoms with E-state index in [1.54, 1.807) is 6.20 Å². The first kappa shape index (κ1) is 13.3. The fourth-order valence-corrected chi connectivity index (χ4v) is 3.04. The Morgan fingerprint density at radius 2 is 2.06 bits per heavy atom. The number of nitrogens with one attached hydrogen (secondary N) is 3. The van der Waals surface area contributed by atoms with Gasteiger partial charge in [0.25, 0.3) is 0 Å². The molecule has 0 bridgehead atoms. The molecule has 1 saturated heterocycles. The predicted molar refractivity (Wildman–Crippen MR) is 68.1 cm³/mol. The Morgan fingerprint density at radius 3 is 2.67 bits per heavy atom. The molecule has 0 amide bonds. The molecule has 18 heavy (non-hydrogen) atoms. The van der Waals surface area contributed by atoms with Crippen LogP contribution in [0.5, 0.6) is 0 Å². The van der Waals surface area contributed by atoms with Gasteiger partial charge in [0.2, 0.25) is 10.0 Å². The zero-order valence-corrected chi connectivity index (χ0v) is 11.5. The maximum absolute atomic E-state index is 12.0. The van der Waals surface area contributed by atoms with E-state index in [-0.39, 0.29) is 0 Å². The molecule has 0 unspecified atom stereocenters. The third-order valence-corrected chi connectivity index (χ3v) is 4.76. The van der Waals surface area contributed by atoms with Gasteiger partial charge in [0.05, 0.1) is 38.9 Å². The highest BCUT2D eigenvalue weighted by Gasteiger charge is 2.25. The molecule has 0 aliphatic carbocycles. The van der Waals surface area contributed by atoms with Gasteiger partial charge in [-0.05, 0) is 7.05 Å². The average molecular weight is 272 g/mol. The first-order valence-electron chi connectivity index (χ1n) is 6.04. The first-order valence-corrected chi connectivity index (χ1v) is 7.53. The highest BCUT2D eigenvalue weighted by atomic mass is 32.2. The SMILES string of the molecule is CNS(=O)(=O)c1c[nH+]ccc1N1CC[NH+](C)CC1. The van der Waals surface area contributed by atoms with E-state index in [9.17, 15) is 8.42 Å². The number of anilines is 1. The highest BCUT2D eigenvalue weighted by Crippen LogP contribution is 2.22. The van der Waals surface area contributed by atoms with Crippen LogP contribution in [0.15, 0.2) is 23.4 Å². The molecule has 1 aromatic heterocycles. The molecule has 3 N–H and O–H groups in total. The van der Waals surface area contributed by atoms with Crippen LogP contribution in [0.25, 0.3) is 0 Å². The minimum Gasteiger partial charge on any atom is -0.359 e. The van der Waals surface area contributed by atoms with E-state index in [0.29, 0.717) is 4.90 Å². The van der Waals surface area contributed by atoms with Crippen molar-refractivity contribution in [3.05, 3.63) is 18.5 Å². The Labute approximate surface area is 108 Å². The van der Waals surface area contributed by atoms with Gasteiger partial charge in [0, 0.05) is 6.07 Å². The summed E-state index contributed by atoms with van der Waals surface area (Å²) in [6.45, 7) is 3.81. The minimum absolute atomic E-state index is 0.312. The number of aromatic amines is 1. The van der Waals surface area contributed by atoms with Gasteiger partial charge in [-0.15, -0.1) is 0 Å². The van der Waals surface area contributed by atoms with Crippen molar-refractivity contribution in [3.8, 4) is 0 Å². The zero-order chi connectivity index (χ0) is 13.2. The van der Waals surface area contributed by atoms with Crippen molar-refractivity contribution in [3.63, 3.8) is 0 Å². The molecule has 2 heterocycles. The Bertz CT molecular complexity index is 510. The summed E-state index contributed by atoms with van der Waals surface area (Å²) in [5, 5.41) is 0. The van der Waals surface area contributed by atoms with E-state index in [1.807, 2.05) is 6.07 Å². The fraction of sp³-hybridized carbons (Fsp3) is 0.545. The summed E-state index contributed by atoms with van der Waals surface area (Å²) in [7, 11) is 0.164. The van der Waals surface area contributed by atoms with Crippen LogP contribution in [0.3, 0.4) is 0 Å². The number of H-pyrrole nitrogens is 1. The van der Waals surface area contributed by atoms with E-state index < -0.39 is 10.0 Å². The number of pyridine rings is 1. The maximum Gasteiger partial charge on any atom is 0.248 e. The van der Waals surface area contributed by atoms with Crippen LogP contribution in [0.2, 0.25) is 0 Å². The lowest BCUT2D eigenvalue weighted by atomic mass is 10.3. The van der Waals surface area contributed by atoms with Crippen LogP contribution in [-0.2, 0) is 10.0 Å². The number of aromatic nitrogens is 1. The van der Waals surface area contributed by atoms with Gasteiger partial charge >= 0.3 is 0 Å². The monoisotopic (exact) mass is 272 g/mol. The molecule has 7 heteroatoms. The number of likely N-dealkylation sites (N-methyl/N-ethyl adjacent to an activating group) is 1. The van der Waals surface area contributed by atoms with Crippen LogP contribution in [0, 0.1) is 0 Å². The number of rotatable bonds is 3. The smallest absolute Gasteiger partial charge is 0.248 e. The molecular formula is C11H20N4O2S+2. The second-order valence-electron chi connectivity index (χ2n) is 4.55. The second-order valence-corrected chi connectivity index (χ2v) is 6.40. The Kier molecular flexibility index (Phi) is 3.84. The van der Waals surface area contributed by atoms with Crippen molar-refractivity contribution < 1.29 is 18.3 Å².